The van der Waals surface area contributed by atoms with Crippen LogP contribution in [-0.2, 0) is 4.79 Å². The Labute approximate surface area is 205 Å². The largest absolute Gasteiger partial charge is 0.495 e. The van der Waals surface area contributed by atoms with Gasteiger partial charge in [0, 0.05) is 5.02 Å². The van der Waals surface area contributed by atoms with Crippen LogP contribution in [0.1, 0.15) is 6.92 Å². The van der Waals surface area contributed by atoms with Crippen LogP contribution >= 0.6 is 23.4 Å². The highest BCUT2D eigenvalue weighted by Crippen LogP contribution is 2.28. The van der Waals surface area contributed by atoms with Crippen LogP contribution in [0.25, 0.3) is 16.6 Å². The van der Waals surface area contributed by atoms with E-state index in [1.54, 1.807) is 42.5 Å². The SMILES string of the molecule is CCOc1ccccc1NC(=O)CSc1nc2cc(Cl)ccc2c(=O)n1-c1ccccc1OC. The molecule has 0 aliphatic heterocycles. The standard InChI is InChI=1S/C25H22ClN3O4S/c1-3-33-21-10-6-4-8-18(21)27-23(30)15-34-25-28-19-14-16(26)12-13-17(19)24(31)29(25)20-9-5-7-11-22(20)32-2/h4-14H,3,15H2,1-2H3,(H,27,30). The van der Waals surface area contributed by atoms with Gasteiger partial charge in [0.25, 0.3) is 5.56 Å². The maximum Gasteiger partial charge on any atom is 0.266 e. The van der Waals surface area contributed by atoms with Crippen molar-refractivity contribution in [1.82, 2.24) is 9.55 Å². The first-order chi connectivity index (χ1) is 16.5. The smallest absolute Gasteiger partial charge is 0.266 e. The second kappa shape index (κ2) is 10.6. The number of nitrogens with zero attached hydrogens (tertiary/aromatic N) is 2. The number of para-hydroxylation sites is 4. The minimum absolute atomic E-state index is 0.0219. The number of amides is 1. The molecule has 0 radical (unpaired) electrons. The fraction of sp³-hybridized carbons (Fsp3) is 0.160. The van der Waals surface area contributed by atoms with Gasteiger partial charge in [-0.25, -0.2) is 4.98 Å². The van der Waals surface area contributed by atoms with E-state index >= 15 is 0 Å². The van der Waals surface area contributed by atoms with Crippen molar-refractivity contribution in [2.24, 2.45) is 0 Å². The molecule has 0 unspecified atom stereocenters. The Bertz CT molecular complexity index is 1410. The molecular weight excluding hydrogens is 474 g/mol. The lowest BCUT2D eigenvalue weighted by molar-refractivity contribution is -0.113. The molecule has 174 valence electrons. The summed E-state index contributed by atoms with van der Waals surface area (Å²) in [6.07, 6.45) is 0. The van der Waals surface area contributed by atoms with Crippen LogP contribution in [0.5, 0.6) is 11.5 Å². The van der Waals surface area contributed by atoms with Gasteiger partial charge in [0.15, 0.2) is 5.16 Å². The lowest BCUT2D eigenvalue weighted by atomic mass is 10.2. The normalized spacial score (nSPS) is 10.8. The maximum atomic E-state index is 13.5. The summed E-state index contributed by atoms with van der Waals surface area (Å²) >= 11 is 7.28. The number of ether oxygens (including phenoxy) is 2. The van der Waals surface area contributed by atoms with E-state index in [9.17, 15) is 9.59 Å². The number of rotatable bonds is 8. The van der Waals surface area contributed by atoms with Crippen molar-refractivity contribution in [2.45, 2.75) is 12.1 Å². The first kappa shape index (κ1) is 23.7. The number of hydrogen-bond donors (Lipinski definition) is 1. The first-order valence-electron chi connectivity index (χ1n) is 10.5. The first-order valence-corrected chi connectivity index (χ1v) is 11.9. The van der Waals surface area contributed by atoms with E-state index in [1.165, 1.54) is 11.7 Å². The fourth-order valence-corrected chi connectivity index (χ4v) is 4.40. The van der Waals surface area contributed by atoms with E-state index in [4.69, 9.17) is 21.1 Å². The summed E-state index contributed by atoms with van der Waals surface area (Å²) < 4.78 is 12.5. The van der Waals surface area contributed by atoms with Crippen LogP contribution in [0.3, 0.4) is 0 Å². The molecule has 1 amide bonds. The molecule has 0 fully saturated rings. The van der Waals surface area contributed by atoms with Crippen LogP contribution < -0.4 is 20.3 Å². The summed E-state index contributed by atoms with van der Waals surface area (Å²) in [6.45, 7) is 2.36. The molecule has 4 rings (SSSR count). The zero-order valence-electron chi connectivity index (χ0n) is 18.6. The predicted octanol–water partition coefficient (Wildman–Crippen LogP) is 5.18. The number of hydrogen-bond acceptors (Lipinski definition) is 6. The molecule has 0 aliphatic rings. The van der Waals surface area contributed by atoms with Crippen molar-refractivity contribution in [2.75, 3.05) is 24.8 Å². The highest BCUT2D eigenvalue weighted by molar-refractivity contribution is 7.99. The summed E-state index contributed by atoms with van der Waals surface area (Å²) in [6, 6.07) is 19.3. The number of anilines is 1. The van der Waals surface area contributed by atoms with E-state index in [2.05, 4.69) is 10.3 Å². The fourth-order valence-electron chi connectivity index (χ4n) is 3.43. The molecule has 0 saturated carbocycles. The third-order valence-electron chi connectivity index (χ3n) is 4.92. The lowest BCUT2D eigenvalue weighted by Gasteiger charge is -2.16. The highest BCUT2D eigenvalue weighted by Gasteiger charge is 2.18. The van der Waals surface area contributed by atoms with Gasteiger partial charge in [-0.15, -0.1) is 0 Å². The van der Waals surface area contributed by atoms with Crippen molar-refractivity contribution < 1.29 is 14.3 Å². The number of fused-ring (bicyclic) bond motifs is 1. The number of carbonyl (C=O) groups is 1. The average Bonchev–Trinajstić information content (AvgIpc) is 2.84. The summed E-state index contributed by atoms with van der Waals surface area (Å²) in [5, 5.41) is 4.09. The second-order valence-corrected chi connectivity index (χ2v) is 8.51. The molecular formula is C25H22ClN3O4S. The number of methoxy groups -OCH3 is 1. The summed E-state index contributed by atoms with van der Waals surface area (Å²) in [7, 11) is 1.54. The van der Waals surface area contributed by atoms with Crippen molar-refractivity contribution in [3.8, 4) is 17.2 Å². The summed E-state index contributed by atoms with van der Waals surface area (Å²) in [5.74, 6) is 0.863. The van der Waals surface area contributed by atoms with Crippen molar-refractivity contribution in [1.29, 1.82) is 0 Å². The third kappa shape index (κ3) is 5.03. The van der Waals surface area contributed by atoms with Gasteiger partial charge in [-0.05, 0) is 49.4 Å². The van der Waals surface area contributed by atoms with Gasteiger partial charge >= 0.3 is 0 Å². The van der Waals surface area contributed by atoms with Crippen LogP contribution in [0.2, 0.25) is 5.02 Å². The number of nitrogens with one attached hydrogen (secondary N) is 1. The van der Waals surface area contributed by atoms with Gasteiger partial charge in [-0.2, -0.15) is 0 Å². The van der Waals surface area contributed by atoms with Gasteiger partial charge < -0.3 is 14.8 Å². The summed E-state index contributed by atoms with van der Waals surface area (Å²) in [5.41, 5.74) is 1.28. The zero-order chi connectivity index (χ0) is 24.1. The van der Waals surface area contributed by atoms with E-state index in [0.29, 0.717) is 50.6 Å². The number of aromatic nitrogens is 2. The van der Waals surface area contributed by atoms with E-state index < -0.39 is 0 Å². The molecule has 0 aliphatic carbocycles. The minimum atomic E-state index is -0.282. The molecule has 0 bridgehead atoms. The Hall–Kier alpha value is -3.49. The molecule has 0 atom stereocenters. The van der Waals surface area contributed by atoms with Crippen molar-refractivity contribution >= 4 is 45.9 Å². The number of halogens is 1. The predicted molar refractivity (Wildman–Crippen MR) is 136 cm³/mol. The van der Waals surface area contributed by atoms with Crippen LogP contribution in [0.15, 0.2) is 76.7 Å². The average molecular weight is 496 g/mol. The zero-order valence-corrected chi connectivity index (χ0v) is 20.2. The van der Waals surface area contributed by atoms with Crippen molar-refractivity contribution in [3.63, 3.8) is 0 Å². The molecule has 3 aromatic carbocycles. The van der Waals surface area contributed by atoms with Gasteiger partial charge in [0.2, 0.25) is 5.91 Å². The number of carbonyl (C=O) groups excluding carboxylic acids is 1. The van der Waals surface area contributed by atoms with Gasteiger partial charge in [0.05, 0.1) is 41.7 Å². The second-order valence-electron chi connectivity index (χ2n) is 7.13. The Balaban J connectivity index is 1.70. The minimum Gasteiger partial charge on any atom is -0.495 e. The molecule has 7 nitrogen and oxygen atoms in total. The highest BCUT2D eigenvalue weighted by atomic mass is 35.5. The topological polar surface area (TPSA) is 82.5 Å². The van der Waals surface area contributed by atoms with Gasteiger partial charge in [-0.1, -0.05) is 47.6 Å². The monoisotopic (exact) mass is 495 g/mol. The molecule has 4 aromatic rings. The molecule has 1 aromatic heterocycles. The van der Waals surface area contributed by atoms with Crippen molar-refractivity contribution in [3.05, 3.63) is 82.1 Å². The third-order valence-corrected chi connectivity index (χ3v) is 6.09. The lowest BCUT2D eigenvalue weighted by Crippen LogP contribution is -2.23. The maximum absolute atomic E-state index is 13.5. The number of thioether (sulfide) groups is 1. The van der Waals surface area contributed by atoms with E-state index in [1.807, 2.05) is 31.2 Å². The van der Waals surface area contributed by atoms with Gasteiger partial charge in [-0.3, -0.25) is 14.2 Å². The Morgan fingerprint density at radius 2 is 1.82 bits per heavy atom. The van der Waals surface area contributed by atoms with Crippen LogP contribution in [-0.4, -0.2) is 34.9 Å². The molecule has 0 spiro atoms. The van der Waals surface area contributed by atoms with E-state index in [0.717, 1.165) is 11.8 Å². The Kier molecular flexibility index (Phi) is 7.40. The van der Waals surface area contributed by atoms with E-state index in [-0.39, 0.29) is 17.2 Å². The Morgan fingerprint density at radius 1 is 1.09 bits per heavy atom. The Morgan fingerprint density at radius 3 is 2.59 bits per heavy atom. The molecule has 34 heavy (non-hydrogen) atoms. The quantitative estimate of drug-likeness (QED) is 0.268. The van der Waals surface area contributed by atoms with Crippen LogP contribution in [0, 0.1) is 0 Å². The number of benzene rings is 3. The van der Waals surface area contributed by atoms with Crippen LogP contribution in [0.4, 0.5) is 5.69 Å². The molecule has 1 N–H and O–H groups in total. The molecule has 9 heteroatoms. The van der Waals surface area contributed by atoms with Gasteiger partial charge in [0.1, 0.15) is 11.5 Å². The molecule has 0 saturated heterocycles. The summed E-state index contributed by atoms with van der Waals surface area (Å²) in [4.78, 5) is 30.9. The molecule has 1 heterocycles.